The molecule has 0 spiro atoms. The van der Waals surface area contributed by atoms with E-state index >= 15 is 0 Å². The largest absolute Gasteiger partial charge is 0.372 e. The molecule has 0 bridgehead atoms. The summed E-state index contributed by atoms with van der Waals surface area (Å²) in [6.07, 6.45) is 7.23. The zero-order valence-corrected chi connectivity index (χ0v) is 17.1. The number of amides is 1. The Bertz CT molecular complexity index is 859. The number of carbonyl (C=O) groups is 1. The van der Waals surface area contributed by atoms with E-state index < -0.39 is 0 Å². The van der Waals surface area contributed by atoms with Crippen molar-refractivity contribution < 1.29 is 4.79 Å². The molecule has 0 radical (unpaired) electrons. The maximum atomic E-state index is 12.7. The van der Waals surface area contributed by atoms with E-state index in [1.807, 2.05) is 42.5 Å². The van der Waals surface area contributed by atoms with Crippen LogP contribution in [-0.2, 0) is 4.79 Å². The number of nitriles is 1. The van der Waals surface area contributed by atoms with Crippen LogP contribution < -0.4 is 10.2 Å². The SMILES string of the molecule is CCCC(NC(=O)/C(C#N)=C/c1ccc(N2CCCCC2)cc1)c1ccccc1. The van der Waals surface area contributed by atoms with Crippen molar-refractivity contribution in [2.45, 2.75) is 45.1 Å². The minimum absolute atomic E-state index is 0.0908. The van der Waals surface area contributed by atoms with Gasteiger partial charge in [0.15, 0.2) is 0 Å². The van der Waals surface area contributed by atoms with Gasteiger partial charge in [-0.1, -0.05) is 55.8 Å². The van der Waals surface area contributed by atoms with Gasteiger partial charge in [0.1, 0.15) is 11.6 Å². The van der Waals surface area contributed by atoms with Crippen LogP contribution in [0.2, 0.25) is 0 Å². The van der Waals surface area contributed by atoms with Crippen LogP contribution in [0.5, 0.6) is 0 Å². The summed E-state index contributed by atoms with van der Waals surface area (Å²) in [5.74, 6) is -0.324. The molecule has 0 aliphatic carbocycles. The number of anilines is 1. The summed E-state index contributed by atoms with van der Waals surface area (Å²) >= 11 is 0. The quantitative estimate of drug-likeness (QED) is 0.522. The Kier molecular flexibility index (Phi) is 7.47. The summed E-state index contributed by atoms with van der Waals surface area (Å²) in [6, 6.07) is 20.0. The molecule has 1 fully saturated rings. The molecule has 4 nitrogen and oxygen atoms in total. The van der Waals surface area contributed by atoms with Gasteiger partial charge >= 0.3 is 0 Å². The maximum absolute atomic E-state index is 12.7. The Morgan fingerprint density at radius 2 is 1.79 bits per heavy atom. The van der Waals surface area contributed by atoms with Gasteiger partial charge in [0.25, 0.3) is 5.91 Å². The number of nitrogens with zero attached hydrogens (tertiary/aromatic N) is 2. The van der Waals surface area contributed by atoms with Crippen molar-refractivity contribution in [1.29, 1.82) is 5.26 Å². The van der Waals surface area contributed by atoms with Crippen molar-refractivity contribution in [3.8, 4) is 6.07 Å². The Hall–Kier alpha value is -3.06. The topological polar surface area (TPSA) is 56.1 Å². The van der Waals surface area contributed by atoms with Crippen molar-refractivity contribution in [2.75, 3.05) is 18.0 Å². The molecule has 1 atom stereocenters. The molecular weight excluding hydrogens is 358 g/mol. The van der Waals surface area contributed by atoms with Gasteiger partial charge in [0.2, 0.25) is 0 Å². The Morgan fingerprint density at radius 1 is 1.10 bits per heavy atom. The van der Waals surface area contributed by atoms with E-state index in [0.717, 1.165) is 37.1 Å². The van der Waals surface area contributed by atoms with Crippen LogP contribution in [0.1, 0.15) is 56.2 Å². The lowest BCUT2D eigenvalue weighted by Gasteiger charge is -2.28. The summed E-state index contributed by atoms with van der Waals surface area (Å²) in [7, 11) is 0. The summed E-state index contributed by atoms with van der Waals surface area (Å²) in [5, 5.41) is 12.6. The molecule has 29 heavy (non-hydrogen) atoms. The first kappa shape index (κ1) is 20.7. The van der Waals surface area contributed by atoms with Gasteiger partial charge in [-0.25, -0.2) is 0 Å². The Labute approximate surface area is 173 Å². The smallest absolute Gasteiger partial charge is 0.262 e. The van der Waals surface area contributed by atoms with Crippen molar-refractivity contribution in [2.24, 2.45) is 0 Å². The molecule has 1 N–H and O–H groups in total. The third-order valence-electron chi connectivity index (χ3n) is 5.37. The molecule has 2 aromatic carbocycles. The Balaban J connectivity index is 1.71. The summed E-state index contributed by atoms with van der Waals surface area (Å²) in [6.45, 7) is 4.28. The van der Waals surface area contributed by atoms with Gasteiger partial charge < -0.3 is 10.2 Å². The Morgan fingerprint density at radius 3 is 2.41 bits per heavy atom. The second-order valence-corrected chi connectivity index (χ2v) is 7.53. The van der Waals surface area contributed by atoms with E-state index in [0.29, 0.717) is 0 Å². The average molecular weight is 388 g/mol. The van der Waals surface area contributed by atoms with Gasteiger partial charge in [0, 0.05) is 18.8 Å². The molecule has 1 heterocycles. The fourth-order valence-electron chi connectivity index (χ4n) is 3.78. The van der Waals surface area contributed by atoms with Gasteiger partial charge in [-0.2, -0.15) is 5.26 Å². The molecule has 0 saturated carbocycles. The molecule has 1 aliphatic heterocycles. The number of nitrogens with one attached hydrogen (secondary N) is 1. The van der Waals surface area contributed by atoms with Gasteiger partial charge in [-0.05, 0) is 55.0 Å². The van der Waals surface area contributed by atoms with Crippen molar-refractivity contribution in [3.05, 3.63) is 71.3 Å². The first-order chi connectivity index (χ1) is 14.2. The number of hydrogen-bond acceptors (Lipinski definition) is 3. The first-order valence-electron chi connectivity index (χ1n) is 10.5. The van der Waals surface area contributed by atoms with Crippen molar-refractivity contribution in [1.82, 2.24) is 5.32 Å². The van der Waals surface area contributed by atoms with Crippen LogP contribution in [0.15, 0.2) is 60.2 Å². The van der Waals surface area contributed by atoms with E-state index in [1.165, 1.54) is 24.9 Å². The minimum Gasteiger partial charge on any atom is -0.372 e. The normalized spacial score (nSPS) is 15.4. The van der Waals surface area contributed by atoms with Crippen LogP contribution >= 0.6 is 0 Å². The standard InChI is InChI=1S/C25H29N3O/c1-2-9-24(21-10-5-3-6-11-21)27-25(29)22(19-26)18-20-12-14-23(15-13-20)28-16-7-4-8-17-28/h3,5-6,10-15,18,24H,2,4,7-9,16-17H2,1H3,(H,27,29)/b22-18+. The van der Waals surface area contributed by atoms with Crippen molar-refractivity contribution in [3.63, 3.8) is 0 Å². The van der Waals surface area contributed by atoms with E-state index in [9.17, 15) is 10.1 Å². The summed E-state index contributed by atoms with van der Waals surface area (Å²) < 4.78 is 0. The summed E-state index contributed by atoms with van der Waals surface area (Å²) in [5.41, 5.74) is 3.26. The van der Waals surface area contributed by atoms with E-state index in [-0.39, 0.29) is 17.5 Å². The molecule has 1 unspecified atom stereocenters. The highest BCUT2D eigenvalue weighted by Crippen LogP contribution is 2.22. The zero-order valence-electron chi connectivity index (χ0n) is 17.1. The van der Waals surface area contributed by atoms with Gasteiger partial charge in [-0.15, -0.1) is 0 Å². The minimum atomic E-state index is -0.324. The van der Waals surface area contributed by atoms with Crippen LogP contribution in [0, 0.1) is 11.3 Å². The maximum Gasteiger partial charge on any atom is 0.262 e. The monoisotopic (exact) mass is 387 g/mol. The molecule has 3 rings (SSSR count). The third kappa shape index (κ3) is 5.71. The molecular formula is C25H29N3O. The molecule has 1 aliphatic rings. The third-order valence-corrected chi connectivity index (χ3v) is 5.37. The van der Waals surface area contributed by atoms with Gasteiger partial charge in [-0.3, -0.25) is 4.79 Å². The average Bonchev–Trinajstić information content (AvgIpc) is 2.78. The predicted molar refractivity (Wildman–Crippen MR) is 118 cm³/mol. The fraction of sp³-hybridized carbons (Fsp3) is 0.360. The highest BCUT2D eigenvalue weighted by atomic mass is 16.1. The lowest BCUT2D eigenvalue weighted by atomic mass is 10.0. The second-order valence-electron chi connectivity index (χ2n) is 7.53. The first-order valence-corrected chi connectivity index (χ1v) is 10.5. The lowest BCUT2D eigenvalue weighted by molar-refractivity contribution is -0.117. The van der Waals surface area contributed by atoms with E-state index in [4.69, 9.17) is 0 Å². The number of hydrogen-bond donors (Lipinski definition) is 1. The number of piperidine rings is 1. The summed E-state index contributed by atoms with van der Waals surface area (Å²) in [4.78, 5) is 15.1. The number of rotatable bonds is 7. The highest BCUT2D eigenvalue weighted by Gasteiger charge is 2.17. The second kappa shape index (κ2) is 10.5. The molecule has 0 aromatic heterocycles. The van der Waals surface area contributed by atoms with Crippen LogP contribution in [0.25, 0.3) is 6.08 Å². The highest BCUT2D eigenvalue weighted by molar-refractivity contribution is 6.01. The van der Waals surface area contributed by atoms with Crippen molar-refractivity contribution >= 4 is 17.7 Å². The zero-order chi connectivity index (χ0) is 20.5. The van der Waals surface area contributed by atoms with E-state index in [1.54, 1.807) is 6.08 Å². The number of carbonyl (C=O) groups excluding carboxylic acids is 1. The molecule has 1 saturated heterocycles. The van der Waals surface area contributed by atoms with Crippen LogP contribution in [0.4, 0.5) is 5.69 Å². The van der Waals surface area contributed by atoms with E-state index in [2.05, 4.69) is 35.3 Å². The molecule has 1 amide bonds. The lowest BCUT2D eigenvalue weighted by Crippen LogP contribution is -2.29. The number of benzene rings is 2. The van der Waals surface area contributed by atoms with Crippen LogP contribution in [0.3, 0.4) is 0 Å². The van der Waals surface area contributed by atoms with Crippen LogP contribution in [-0.4, -0.2) is 19.0 Å². The molecule has 4 heteroatoms. The molecule has 2 aromatic rings. The molecule has 150 valence electrons. The fourth-order valence-corrected chi connectivity index (χ4v) is 3.78. The predicted octanol–water partition coefficient (Wildman–Crippen LogP) is 5.24. The van der Waals surface area contributed by atoms with Gasteiger partial charge in [0.05, 0.1) is 6.04 Å².